The lowest BCUT2D eigenvalue weighted by molar-refractivity contribution is 1.51. The minimum atomic E-state index is 0.771. The maximum absolute atomic E-state index is 6.18. The molecule has 4 heteroatoms. The second-order valence-electron chi connectivity index (χ2n) is 6.24. The van der Waals surface area contributed by atoms with Crippen LogP contribution >= 0.6 is 38.9 Å². The summed E-state index contributed by atoms with van der Waals surface area (Å²) in [6.45, 7) is 2.17. The highest BCUT2D eigenvalue weighted by Crippen LogP contribution is 2.46. The third-order valence-electron chi connectivity index (χ3n) is 4.71. The summed E-state index contributed by atoms with van der Waals surface area (Å²) < 4.78 is 2.33. The van der Waals surface area contributed by atoms with Gasteiger partial charge in [-0.2, -0.15) is 0 Å². The van der Waals surface area contributed by atoms with Gasteiger partial charge >= 0.3 is 0 Å². The monoisotopic (exact) mass is 425 g/mol. The van der Waals surface area contributed by atoms with E-state index in [2.05, 4.69) is 70.3 Å². The third kappa shape index (κ3) is 2.27. The zero-order chi connectivity index (χ0) is 17.1. The molecule has 0 amide bonds. The van der Waals surface area contributed by atoms with E-state index >= 15 is 0 Å². The normalized spacial score (nSPS) is 11.8. The lowest BCUT2D eigenvalue weighted by atomic mass is 10.0. The van der Waals surface area contributed by atoms with Gasteiger partial charge in [-0.3, -0.25) is 0 Å². The van der Waals surface area contributed by atoms with Crippen LogP contribution in [0.3, 0.4) is 0 Å². The first kappa shape index (κ1) is 15.4. The van der Waals surface area contributed by atoms with Gasteiger partial charge in [0.25, 0.3) is 0 Å². The fourth-order valence-electron chi connectivity index (χ4n) is 3.53. The molecule has 5 aromatic rings. The Bertz CT molecular complexity index is 1280. The number of aromatic nitrogens is 1. The van der Waals surface area contributed by atoms with Gasteiger partial charge in [-0.25, -0.2) is 0 Å². The summed E-state index contributed by atoms with van der Waals surface area (Å²) in [4.78, 5) is 4.86. The maximum atomic E-state index is 6.18. The summed E-state index contributed by atoms with van der Waals surface area (Å²) in [5.41, 5.74) is 4.88. The molecule has 0 bridgehead atoms. The van der Waals surface area contributed by atoms with E-state index in [0.29, 0.717) is 0 Å². The number of halogens is 2. The Kier molecular flexibility index (Phi) is 3.46. The van der Waals surface area contributed by atoms with Crippen LogP contribution in [0.2, 0.25) is 5.02 Å². The van der Waals surface area contributed by atoms with E-state index < -0.39 is 0 Å². The number of hydrogen-bond acceptors (Lipinski definition) is 1. The molecule has 0 unspecified atom stereocenters. The fraction of sp³-hybridized carbons (Fsp3) is 0.0476. The molecular weight excluding hydrogens is 414 g/mol. The van der Waals surface area contributed by atoms with Gasteiger partial charge in [0.15, 0.2) is 0 Å². The van der Waals surface area contributed by atoms with Crippen molar-refractivity contribution in [3.05, 3.63) is 69.7 Å². The van der Waals surface area contributed by atoms with Gasteiger partial charge in [-0.15, -0.1) is 11.3 Å². The molecule has 2 heterocycles. The smallest absolute Gasteiger partial charge is 0.0555 e. The molecule has 0 spiro atoms. The van der Waals surface area contributed by atoms with Crippen LogP contribution in [0.4, 0.5) is 0 Å². The molecule has 0 saturated heterocycles. The summed E-state index contributed by atoms with van der Waals surface area (Å²) in [5.74, 6) is 0. The van der Waals surface area contributed by atoms with Gasteiger partial charge in [0.2, 0.25) is 0 Å². The number of H-pyrrole nitrogens is 1. The number of benzene rings is 3. The molecular formula is C21H13BrClNS. The summed E-state index contributed by atoms with van der Waals surface area (Å²) in [5, 5.41) is 4.55. The number of hydrogen-bond donors (Lipinski definition) is 1. The molecule has 0 aliphatic carbocycles. The highest BCUT2D eigenvalue weighted by molar-refractivity contribution is 9.10. The zero-order valence-corrected chi connectivity index (χ0v) is 16.5. The van der Waals surface area contributed by atoms with Gasteiger partial charge in [-0.05, 0) is 46.6 Å². The average molecular weight is 427 g/mol. The number of para-hydroxylation sites is 1. The van der Waals surface area contributed by atoms with Crippen molar-refractivity contribution in [2.45, 2.75) is 6.92 Å². The van der Waals surface area contributed by atoms with E-state index in [-0.39, 0.29) is 0 Å². The molecule has 0 saturated carbocycles. The maximum Gasteiger partial charge on any atom is 0.0555 e. The summed E-state index contributed by atoms with van der Waals surface area (Å²) in [6.07, 6.45) is 0. The molecule has 0 fully saturated rings. The van der Waals surface area contributed by atoms with Crippen molar-refractivity contribution in [1.82, 2.24) is 4.98 Å². The number of fused-ring (bicyclic) bond motifs is 4. The van der Waals surface area contributed by atoms with Gasteiger partial charge in [0.05, 0.1) is 10.4 Å². The molecule has 1 N–H and O–H groups in total. The van der Waals surface area contributed by atoms with Crippen LogP contribution in [0.1, 0.15) is 5.56 Å². The van der Waals surface area contributed by atoms with Crippen molar-refractivity contribution < 1.29 is 0 Å². The molecule has 0 aliphatic rings. The van der Waals surface area contributed by atoms with Crippen LogP contribution in [0, 0.1) is 6.92 Å². The quantitative estimate of drug-likeness (QED) is 0.280. The lowest BCUT2D eigenvalue weighted by Gasteiger charge is -2.05. The van der Waals surface area contributed by atoms with E-state index in [4.69, 9.17) is 11.6 Å². The van der Waals surface area contributed by atoms with Crippen LogP contribution in [-0.4, -0.2) is 4.98 Å². The van der Waals surface area contributed by atoms with E-state index in [9.17, 15) is 0 Å². The van der Waals surface area contributed by atoms with Crippen molar-refractivity contribution >= 4 is 70.8 Å². The lowest BCUT2D eigenvalue weighted by Crippen LogP contribution is -1.81. The number of thiophene rings is 1. The second kappa shape index (κ2) is 5.60. The molecule has 25 heavy (non-hydrogen) atoms. The molecule has 0 aliphatic heterocycles. The van der Waals surface area contributed by atoms with Crippen LogP contribution < -0.4 is 0 Å². The van der Waals surface area contributed by atoms with Crippen molar-refractivity contribution in [2.24, 2.45) is 0 Å². The van der Waals surface area contributed by atoms with E-state index in [1.807, 2.05) is 12.1 Å². The Morgan fingerprint density at radius 2 is 1.84 bits per heavy atom. The molecule has 122 valence electrons. The molecule has 0 radical (unpaired) electrons. The van der Waals surface area contributed by atoms with Crippen LogP contribution in [0.25, 0.3) is 42.3 Å². The minimum absolute atomic E-state index is 0.771. The Morgan fingerprint density at radius 1 is 1.00 bits per heavy atom. The molecule has 2 aromatic heterocycles. The highest BCUT2D eigenvalue weighted by atomic mass is 79.9. The molecule has 3 aromatic carbocycles. The van der Waals surface area contributed by atoms with Crippen molar-refractivity contribution in [1.29, 1.82) is 0 Å². The summed E-state index contributed by atoms with van der Waals surface area (Å²) in [6, 6.07) is 19.0. The van der Waals surface area contributed by atoms with Crippen molar-refractivity contribution in [3.8, 4) is 10.4 Å². The third-order valence-corrected chi connectivity index (χ3v) is 7.21. The number of nitrogens with one attached hydrogen (secondary N) is 1. The number of aromatic amines is 1. The summed E-state index contributed by atoms with van der Waals surface area (Å²) >= 11 is 11.8. The van der Waals surface area contributed by atoms with Gasteiger partial charge in [0, 0.05) is 41.4 Å². The first-order chi connectivity index (χ1) is 12.1. The van der Waals surface area contributed by atoms with Gasteiger partial charge in [-0.1, -0.05) is 48.0 Å². The second-order valence-corrected chi connectivity index (χ2v) is 8.52. The van der Waals surface area contributed by atoms with Gasteiger partial charge in [0.1, 0.15) is 0 Å². The van der Waals surface area contributed by atoms with E-state index in [1.54, 1.807) is 11.3 Å². The SMILES string of the molecule is Cc1ccc(-c2sc3cc(Cl)ccc3c2Br)c2[nH]c3ccccc3c12. The van der Waals surface area contributed by atoms with E-state index in [1.165, 1.54) is 47.9 Å². The Labute approximate surface area is 162 Å². The van der Waals surface area contributed by atoms with Crippen LogP contribution in [0.15, 0.2) is 59.1 Å². The predicted octanol–water partition coefficient (Wildman–Crippen LogP) is 7.93. The Balaban J connectivity index is 1.90. The fourth-order valence-corrected chi connectivity index (χ4v) is 5.87. The van der Waals surface area contributed by atoms with Crippen molar-refractivity contribution in [3.63, 3.8) is 0 Å². The average Bonchev–Trinajstić information content (AvgIpc) is 3.14. The first-order valence-corrected chi connectivity index (χ1v) is 10.00. The predicted molar refractivity (Wildman–Crippen MR) is 114 cm³/mol. The molecule has 0 atom stereocenters. The Morgan fingerprint density at radius 3 is 2.72 bits per heavy atom. The summed E-state index contributed by atoms with van der Waals surface area (Å²) in [7, 11) is 0. The molecule has 1 nitrogen and oxygen atoms in total. The number of rotatable bonds is 1. The van der Waals surface area contributed by atoms with Crippen LogP contribution in [0.5, 0.6) is 0 Å². The molecule has 5 rings (SSSR count). The van der Waals surface area contributed by atoms with Gasteiger partial charge < -0.3 is 4.98 Å². The highest BCUT2D eigenvalue weighted by Gasteiger charge is 2.17. The topological polar surface area (TPSA) is 15.8 Å². The standard InChI is InChI=1S/C21H13BrClNS/c1-11-6-8-15(20-18(11)13-4-2-3-5-16(13)24-20)21-19(22)14-9-7-12(23)10-17(14)25-21/h2-10,24H,1H3. The largest absolute Gasteiger partial charge is 0.354 e. The Hall–Kier alpha value is -1.81. The van der Waals surface area contributed by atoms with E-state index in [0.717, 1.165) is 9.50 Å². The van der Waals surface area contributed by atoms with Crippen molar-refractivity contribution in [2.75, 3.05) is 0 Å². The zero-order valence-electron chi connectivity index (χ0n) is 13.4. The number of aryl methyl sites for hydroxylation is 1. The van der Waals surface area contributed by atoms with Crippen LogP contribution in [-0.2, 0) is 0 Å². The first-order valence-electron chi connectivity index (χ1n) is 8.01. The minimum Gasteiger partial charge on any atom is -0.354 e.